The molecule has 0 aromatic rings. The number of amides is 2. The van der Waals surface area contributed by atoms with Crippen molar-refractivity contribution in [1.29, 1.82) is 1.12 Å². The Kier molecular flexibility index (Phi) is 8.81. The Morgan fingerprint density at radius 3 is 2.61 bits per heavy atom. The van der Waals surface area contributed by atoms with Gasteiger partial charge in [-0.05, 0) is 6.92 Å². The Balaban J connectivity index is 3.82. The number of carbonyl (C=O) groups excluding carboxylic acids is 3. The average molecular weight is 292 g/mol. The molecule has 2 amide bonds. The van der Waals surface area contributed by atoms with Crippen molar-refractivity contribution < 1.29 is 14.4 Å². The molecule has 0 aliphatic carbocycles. The molecule has 0 aromatic heterocycles. The van der Waals surface area contributed by atoms with Crippen molar-refractivity contribution in [2.24, 2.45) is 10.2 Å². The number of hydrogen-bond donors (Lipinski definition) is 3. The second kappa shape index (κ2) is 10.8. The highest BCUT2D eigenvalue weighted by molar-refractivity contribution is 8.68. The van der Waals surface area contributed by atoms with Gasteiger partial charge >= 0.3 is 0 Å². The van der Waals surface area contributed by atoms with Gasteiger partial charge in [-0.25, -0.2) is 10.9 Å². The summed E-state index contributed by atoms with van der Waals surface area (Å²) in [5.74, 6) is -0.962. The van der Waals surface area contributed by atoms with Crippen LogP contribution in [0, 0.1) is 0 Å². The predicted molar refractivity (Wildman–Crippen MR) is 74.6 cm³/mol. The summed E-state index contributed by atoms with van der Waals surface area (Å²) in [6.45, 7) is 1.62. The highest BCUT2D eigenvalue weighted by Crippen LogP contribution is 2.05. The molecule has 0 atom stereocenters. The fourth-order valence-electron chi connectivity index (χ4n) is 0.745. The zero-order valence-electron chi connectivity index (χ0n) is 10.7. The van der Waals surface area contributed by atoms with Gasteiger partial charge in [0.15, 0.2) is 5.78 Å². The van der Waals surface area contributed by atoms with E-state index >= 15 is 0 Å². The molecule has 2 N–H and O–H groups in total. The Hall–Kier alpha value is -1.35. The van der Waals surface area contributed by atoms with E-state index in [1.54, 1.807) is 6.92 Å². The Labute approximate surface area is 115 Å². The molecular weight excluding hydrogens is 276 g/mol. The Morgan fingerprint density at radius 1 is 1.33 bits per heavy atom. The third-order valence-corrected chi connectivity index (χ3v) is 2.34. The summed E-state index contributed by atoms with van der Waals surface area (Å²) >= 11 is 0.830. The molecular formula is C9H14N4O3S2. The van der Waals surface area contributed by atoms with Crippen molar-refractivity contribution >= 4 is 52.4 Å². The van der Waals surface area contributed by atoms with Crippen molar-refractivity contribution in [2.75, 3.05) is 5.75 Å². The lowest BCUT2D eigenvalue weighted by Gasteiger charge is -1.98. The summed E-state index contributed by atoms with van der Waals surface area (Å²) in [7, 11) is 1.24. The maximum Gasteiger partial charge on any atom is 0.249 e. The first-order valence-electron chi connectivity index (χ1n) is 5.37. The van der Waals surface area contributed by atoms with E-state index < -0.39 is 18.2 Å². The van der Waals surface area contributed by atoms with Gasteiger partial charge in [0.1, 0.15) is 7.54 Å². The molecule has 0 heterocycles. The molecule has 0 saturated heterocycles. The molecule has 0 fully saturated rings. The van der Waals surface area contributed by atoms with Crippen molar-refractivity contribution in [1.82, 2.24) is 10.9 Å². The van der Waals surface area contributed by atoms with Crippen LogP contribution in [0.2, 0.25) is 0 Å². The number of nitrogens with one attached hydrogen (secondary N) is 2. The van der Waals surface area contributed by atoms with Crippen molar-refractivity contribution in [3.8, 4) is 0 Å². The number of ketones is 1. The molecule has 9 heteroatoms. The second-order valence-corrected chi connectivity index (χ2v) is 4.28. The van der Waals surface area contributed by atoms with Crippen LogP contribution in [0.15, 0.2) is 10.2 Å². The summed E-state index contributed by atoms with van der Waals surface area (Å²) < 4.78 is 6.78. The number of hydrazone groups is 2. The van der Waals surface area contributed by atoms with Crippen LogP contribution in [0.4, 0.5) is 0 Å². The molecule has 0 spiro atoms. The topological polar surface area (TPSA) is 100.0 Å². The van der Waals surface area contributed by atoms with Gasteiger partial charge < -0.3 is 0 Å². The lowest BCUT2D eigenvalue weighted by molar-refractivity contribution is -0.129. The minimum atomic E-state index is -0.635. The molecule has 0 aliphatic rings. The minimum Gasteiger partial charge on any atom is -0.293 e. The summed E-state index contributed by atoms with van der Waals surface area (Å²) in [5, 5.41) is 6.89. The Bertz CT molecular complexity index is 376. The van der Waals surface area contributed by atoms with Crippen LogP contribution in [-0.2, 0) is 14.4 Å². The molecule has 0 bridgehead atoms. The van der Waals surface area contributed by atoms with E-state index in [0.29, 0.717) is 5.75 Å². The molecule has 0 unspecified atom stereocenters. The molecule has 100 valence electrons. The molecule has 0 radical (unpaired) electrons. The summed E-state index contributed by atoms with van der Waals surface area (Å²) in [6, 6.07) is 0. The van der Waals surface area contributed by atoms with E-state index in [-0.39, 0.29) is 12.2 Å². The number of Topliss-reactive ketones (excluding diaryl/α,β-unsaturated/α-hetero) is 1. The third kappa shape index (κ3) is 9.85. The summed E-state index contributed by atoms with van der Waals surface area (Å²) in [4.78, 5) is 33.4. The van der Waals surface area contributed by atoms with Gasteiger partial charge in [-0.2, -0.15) is 10.2 Å². The van der Waals surface area contributed by atoms with Gasteiger partial charge in [0.25, 0.3) is 0 Å². The van der Waals surface area contributed by atoms with Crippen LogP contribution < -0.4 is 10.9 Å². The summed E-state index contributed by atoms with van der Waals surface area (Å²) in [5.41, 5.74) is 4.18. The van der Waals surface area contributed by atoms with Crippen LogP contribution in [0.5, 0.6) is 0 Å². The average Bonchev–Trinajstić information content (AvgIpc) is 2.36. The first kappa shape index (κ1) is 14.7. The van der Waals surface area contributed by atoms with Crippen LogP contribution in [0.3, 0.4) is 0 Å². The molecule has 0 aliphatic heterocycles. The maximum atomic E-state index is 11.2. The van der Waals surface area contributed by atoms with Gasteiger partial charge in [0.2, 0.25) is 11.8 Å². The highest BCUT2D eigenvalue weighted by atomic mass is 33.1. The quantitative estimate of drug-likeness (QED) is 0.140. The second-order valence-electron chi connectivity index (χ2n) is 2.93. The van der Waals surface area contributed by atoms with Crippen LogP contribution in [-0.4, -0.2) is 36.9 Å². The molecule has 0 rings (SSSR count). The lowest BCUT2D eigenvalue weighted by atomic mass is 10.3. The zero-order valence-corrected chi connectivity index (χ0v) is 11.3. The lowest BCUT2D eigenvalue weighted by Crippen LogP contribution is -2.27. The van der Waals surface area contributed by atoms with E-state index in [1.165, 1.54) is 17.0 Å². The smallest absolute Gasteiger partial charge is 0.249 e. The van der Waals surface area contributed by atoms with E-state index in [2.05, 4.69) is 21.1 Å². The summed E-state index contributed by atoms with van der Waals surface area (Å²) in [6.07, 6.45) is 2.17. The van der Waals surface area contributed by atoms with Gasteiger partial charge in [-0.1, -0.05) is 10.8 Å². The fourth-order valence-corrected chi connectivity index (χ4v) is 1.28. The zero-order chi connectivity index (χ0) is 14.5. The monoisotopic (exact) mass is 292 g/mol. The number of thiol groups is 1. The van der Waals surface area contributed by atoms with Gasteiger partial charge in [0, 0.05) is 18.4 Å². The SMILES string of the molecule is [3H]SSCCC(=O)/C=N/NC(=O)CC(=O)N/N=C/C. The number of hydrogen-bond acceptors (Lipinski definition) is 7. The van der Waals surface area contributed by atoms with Gasteiger partial charge in [-0.15, -0.1) is 11.6 Å². The van der Waals surface area contributed by atoms with E-state index in [9.17, 15) is 14.4 Å². The standard InChI is InChI=1S/C9H14N4O3S2/c1-2-10-12-8(15)5-9(16)13-11-6-7(14)3-4-18-17/h2,6,17H,3-5H2,1H3,(H,12,15)(H,13,16)/b10-2+,11-6+/i/hT. The first-order chi connectivity index (χ1) is 9.10. The molecule has 18 heavy (non-hydrogen) atoms. The van der Waals surface area contributed by atoms with E-state index in [1.807, 2.05) is 0 Å². The van der Waals surface area contributed by atoms with Crippen molar-refractivity contribution in [3.63, 3.8) is 0 Å². The number of carbonyl (C=O) groups is 3. The number of rotatable bonds is 9. The van der Waals surface area contributed by atoms with Crippen molar-refractivity contribution in [3.05, 3.63) is 0 Å². The first-order valence-corrected chi connectivity index (χ1v) is 6.87. The largest absolute Gasteiger partial charge is 0.293 e. The molecule has 0 aromatic carbocycles. The predicted octanol–water partition coefficient (Wildman–Crippen LogP) is 0.138. The maximum absolute atomic E-state index is 11.2. The number of nitrogens with zero attached hydrogens (tertiary/aromatic N) is 2. The van der Waals surface area contributed by atoms with E-state index in [4.69, 9.17) is 1.12 Å². The minimum absolute atomic E-state index is 0.238. The molecule has 7 nitrogen and oxygen atoms in total. The highest BCUT2D eigenvalue weighted by Gasteiger charge is 2.07. The van der Waals surface area contributed by atoms with E-state index in [0.717, 1.165) is 17.8 Å². The molecule has 0 saturated carbocycles. The Morgan fingerprint density at radius 2 is 2.00 bits per heavy atom. The van der Waals surface area contributed by atoms with Crippen LogP contribution in [0.1, 0.15) is 19.8 Å². The van der Waals surface area contributed by atoms with Gasteiger partial charge in [-0.3, -0.25) is 14.4 Å². The van der Waals surface area contributed by atoms with Crippen LogP contribution >= 0.6 is 22.4 Å². The fraction of sp³-hybridized carbons (Fsp3) is 0.444. The van der Waals surface area contributed by atoms with Crippen LogP contribution in [0.25, 0.3) is 0 Å². The normalized spacial score (nSPS) is 11.5. The van der Waals surface area contributed by atoms with Crippen molar-refractivity contribution in [2.45, 2.75) is 19.8 Å². The third-order valence-electron chi connectivity index (χ3n) is 1.47. The van der Waals surface area contributed by atoms with Gasteiger partial charge in [0.05, 0.1) is 6.21 Å².